The summed E-state index contributed by atoms with van der Waals surface area (Å²) in [5.74, 6) is -1.85. The third kappa shape index (κ3) is 10.6. The standard InChI is InChI=1S/C19H25NO5.C19H23NO5.B.Na.H/c2*1-4-10-19(2)15(12-21)11-20(16(19)17(22)24-3)18(23)25-13-14-8-6-5-7-9-14;;;/h4-9,15-16,21H,1,10-13H2,2-3H3;4-9,12,15-16H,1,10-11,13H2,2-3H3;;;/q;;;+1;-1/t15-,16-,19-;15?,16-,19-;;;/m11.../s1. The van der Waals surface area contributed by atoms with E-state index in [1.54, 1.807) is 19.1 Å². The predicted molar refractivity (Wildman–Crippen MR) is 191 cm³/mol. The summed E-state index contributed by atoms with van der Waals surface area (Å²) >= 11 is 0. The van der Waals surface area contributed by atoms with E-state index in [0.29, 0.717) is 12.8 Å². The summed E-state index contributed by atoms with van der Waals surface area (Å²) in [6.45, 7) is 11.5. The monoisotopic (exact) mass is 727 g/mol. The minimum absolute atomic E-state index is 0. The molecule has 0 aliphatic carbocycles. The van der Waals surface area contributed by atoms with E-state index in [1.165, 1.54) is 24.0 Å². The largest absolute Gasteiger partial charge is 1.00 e. The maximum atomic E-state index is 12.6. The quantitative estimate of drug-likeness (QED) is 0.113. The Labute approximate surface area is 331 Å². The van der Waals surface area contributed by atoms with Gasteiger partial charge < -0.3 is 30.3 Å². The summed E-state index contributed by atoms with van der Waals surface area (Å²) in [6.07, 6.45) is 3.76. The zero-order chi connectivity index (χ0) is 36.9. The third-order valence-corrected chi connectivity index (χ3v) is 9.74. The van der Waals surface area contributed by atoms with E-state index in [-0.39, 0.29) is 78.2 Å². The van der Waals surface area contributed by atoms with Crippen molar-refractivity contribution in [2.45, 2.75) is 52.0 Å². The van der Waals surface area contributed by atoms with E-state index in [0.717, 1.165) is 17.4 Å². The first-order valence-electron chi connectivity index (χ1n) is 16.3. The van der Waals surface area contributed by atoms with Gasteiger partial charge in [-0.05, 0) is 24.0 Å². The van der Waals surface area contributed by atoms with Crippen LogP contribution in [0, 0.1) is 22.7 Å². The van der Waals surface area contributed by atoms with E-state index in [4.69, 9.17) is 18.9 Å². The van der Waals surface area contributed by atoms with Gasteiger partial charge in [-0.1, -0.05) is 86.7 Å². The molecule has 3 radical (unpaired) electrons. The Morgan fingerprint density at radius 2 is 1.19 bits per heavy atom. The molecule has 2 aliphatic rings. The number of hydrogen-bond acceptors (Lipinski definition) is 10. The van der Waals surface area contributed by atoms with Gasteiger partial charge in [0.05, 0.1) is 14.2 Å². The molecule has 2 aromatic carbocycles. The summed E-state index contributed by atoms with van der Waals surface area (Å²) < 4.78 is 20.5. The fourth-order valence-electron chi connectivity index (χ4n) is 6.82. The predicted octanol–water partition coefficient (Wildman–Crippen LogP) is 1.68. The minimum Gasteiger partial charge on any atom is -1.00 e. The van der Waals surface area contributed by atoms with Crippen molar-refractivity contribution in [3.63, 3.8) is 0 Å². The molecule has 2 saturated heterocycles. The number of carbonyl (C=O) groups excluding carboxylic acids is 5. The van der Waals surface area contributed by atoms with E-state index in [1.807, 2.05) is 67.6 Å². The number of esters is 2. The molecule has 0 saturated carbocycles. The van der Waals surface area contributed by atoms with E-state index >= 15 is 0 Å². The van der Waals surface area contributed by atoms with Crippen LogP contribution in [0.3, 0.4) is 0 Å². The van der Waals surface area contributed by atoms with Crippen LogP contribution < -0.4 is 29.6 Å². The molecule has 6 atom stereocenters. The van der Waals surface area contributed by atoms with E-state index in [2.05, 4.69) is 13.2 Å². The Balaban J connectivity index is 0.000000966. The number of aliphatic hydroxyl groups is 1. The molecule has 52 heavy (non-hydrogen) atoms. The third-order valence-electron chi connectivity index (χ3n) is 9.74. The first-order chi connectivity index (χ1) is 23.9. The van der Waals surface area contributed by atoms with E-state index < -0.39 is 53.0 Å². The molecule has 14 heteroatoms. The maximum absolute atomic E-state index is 12.6. The molecule has 0 aromatic heterocycles. The first kappa shape index (κ1) is 46.1. The van der Waals surface area contributed by atoms with Crippen molar-refractivity contribution < 1.29 is 79.0 Å². The number of allylic oxidation sites excluding steroid dienone is 2. The van der Waals surface area contributed by atoms with Gasteiger partial charge >= 0.3 is 53.7 Å². The van der Waals surface area contributed by atoms with Gasteiger partial charge in [-0.3, -0.25) is 9.80 Å². The van der Waals surface area contributed by atoms with Gasteiger partial charge in [0.15, 0.2) is 0 Å². The fraction of sp³-hybridized carbons (Fsp3) is 0.447. The Morgan fingerprint density at radius 3 is 1.58 bits per heavy atom. The average Bonchev–Trinajstić information content (AvgIpc) is 3.60. The van der Waals surface area contributed by atoms with Crippen molar-refractivity contribution in [1.82, 2.24) is 9.80 Å². The fourth-order valence-corrected chi connectivity index (χ4v) is 6.82. The van der Waals surface area contributed by atoms with Crippen LogP contribution in [-0.4, -0.2) is 99.7 Å². The number of methoxy groups -OCH3 is 2. The molecule has 2 fully saturated rings. The van der Waals surface area contributed by atoms with Crippen LogP contribution in [0.1, 0.15) is 39.2 Å². The van der Waals surface area contributed by atoms with Gasteiger partial charge in [-0.25, -0.2) is 19.2 Å². The molecule has 275 valence electrons. The number of amides is 2. The Morgan fingerprint density at radius 1 is 0.788 bits per heavy atom. The number of ether oxygens (including phenoxy) is 4. The van der Waals surface area contributed by atoms with Crippen LogP contribution in [-0.2, 0) is 46.5 Å². The second-order valence-electron chi connectivity index (χ2n) is 12.9. The smallest absolute Gasteiger partial charge is 1.00 e. The molecule has 0 spiro atoms. The molecular weight excluding hydrogens is 678 g/mol. The van der Waals surface area contributed by atoms with Crippen LogP contribution in [0.5, 0.6) is 0 Å². The molecule has 2 aliphatic heterocycles. The van der Waals surface area contributed by atoms with Crippen LogP contribution in [0.15, 0.2) is 86.0 Å². The van der Waals surface area contributed by atoms with Gasteiger partial charge in [-0.2, -0.15) is 0 Å². The number of benzene rings is 2. The molecule has 0 bridgehead atoms. The first-order valence-corrected chi connectivity index (χ1v) is 16.3. The summed E-state index contributed by atoms with van der Waals surface area (Å²) in [5.41, 5.74) is 0.264. The average molecular weight is 728 g/mol. The number of likely N-dealkylation sites (tertiary alicyclic amines) is 2. The van der Waals surface area contributed by atoms with Crippen LogP contribution in [0.25, 0.3) is 0 Å². The van der Waals surface area contributed by atoms with Crippen molar-refractivity contribution in [1.29, 1.82) is 0 Å². The zero-order valence-electron chi connectivity index (χ0n) is 31.8. The number of aldehydes is 1. The molecule has 2 aromatic rings. The van der Waals surface area contributed by atoms with Gasteiger partial charge in [-0.15, -0.1) is 13.2 Å². The summed E-state index contributed by atoms with van der Waals surface area (Å²) in [7, 11) is 2.55. The number of aliphatic hydroxyl groups excluding tert-OH is 1. The van der Waals surface area contributed by atoms with Gasteiger partial charge in [0.25, 0.3) is 0 Å². The minimum atomic E-state index is -0.894. The van der Waals surface area contributed by atoms with Gasteiger partial charge in [0.2, 0.25) is 0 Å². The van der Waals surface area contributed by atoms with E-state index in [9.17, 15) is 29.1 Å². The van der Waals surface area contributed by atoms with Crippen molar-refractivity contribution in [2.75, 3.05) is 33.9 Å². The molecule has 1 N–H and O–H groups in total. The van der Waals surface area contributed by atoms with Gasteiger partial charge in [0, 0.05) is 50.8 Å². The second-order valence-corrected chi connectivity index (χ2v) is 12.9. The van der Waals surface area contributed by atoms with Crippen molar-refractivity contribution >= 4 is 38.8 Å². The van der Waals surface area contributed by atoms with Crippen molar-refractivity contribution in [2.24, 2.45) is 22.7 Å². The van der Waals surface area contributed by atoms with Crippen molar-refractivity contribution in [3.8, 4) is 0 Å². The Hall–Kier alpha value is -3.91. The molecule has 2 amide bonds. The second kappa shape index (κ2) is 21.6. The molecular formula is C38H49BN2NaO10. The summed E-state index contributed by atoms with van der Waals surface area (Å²) in [6, 6.07) is 16.8. The number of hydrogen-bond donors (Lipinski definition) is 1. The molecule has 4 rings (SSSR count). The molecule has 1 unspecified atom stereocenters. The Bertz CT molecular complexity index is 1510. The number of rotatable bonds is 12. The van der Waals surface area contributed by atoms with Crippen LogP contribution in [0.4, 0.5) is 9.59 Å². The normalized spacial score (nSPS) is 24.4. The number of nitrogens with zero attached hydrogens (tertiary/aromatic N) is 2. The van der Waals surface area contributed by atoms with Crippen molar-refractivity contribution in [3.05, 3.63) is 97.1 Å². The SMILES string of the molecule is C=CC[C@]1(C)C(C=O)CN(C(=O)OCc2ccccc2)[C@@H]1C(=O)OC.C=CC[C@]1(C)[C@@H](CO)CN(C(=O)OCc2ccccc2)[C@@H]1C(=O)OC.[B].[H-].[Na+]. The Kier molecular flexibility index (Phi) is 19.1. The zero-order valence-corrected chi connectivity index (χ0v) is 32.8. The van der Waals surface area contributed by atoms with Gasteiger partial charge in [0.1, 0.15) is 31.6 Å². The van der Waals surface area contributed by atoms with Crippen LogP contribution in [0.2, 0.25) is 0 Å². The topological polar surface area (TPSA) is 149 Å². The number of carbonyl (C=O) groups is 5. The molecule has 2 heterocycles. The van der Waals surface area contributed by atoms with Crippen LogP contribution >= 0.6 is 0 Å². The molecule has 12 nitrogen and oxygen atoms in total. The summed E-state index contributed by atoms with van der Waals surface area (Å²) in [4.78, 5) is 64.0. The maximum Gasteiger partial charge on any atom is 1.00 e. The summed E-state index contributed by atoms with van der Waals surface area (Å²) in [5, 5.41) is 9.74.